The van der Waals surface area contributed by atoms with Gasteiger partial charge in [-0.1, -0.05) is 31.2 Å². The molecule has 1 aromatic heterocycles. The number of nitrogens with one attached hydrogen (secondary N) is 2. The molecule has 2 aliphatic rings. The van der Waals surface area contributed by atoms with Gasteiger partial charge >= 0.3 is 0 Å². The van der Waals surface area contributed by atoms with Crippen LogP contribution in [0, 0.1) is 0 Å². The minimum atomic E-state index is -0.826. The average molecular weight is 391 g/mol. The fourth-order valence-electron chi connectivity index (χ4n) is 4.67. The Morgan fingerprint density at radius 2 is 1.90 bits per heavy atom. The zero-order valence-corrected chi connectivity index (χ0v) is 16.7. The third-order valence-corrected chi connectivity index (χ3v) is 6.29. The number of allylic oxidation sites excluding steroid dienone is 4. The van der Waals surface area contributed by atoms with E-state index in [0.29, 0.717) is 17.9 Å². The third-order valence-electron chi connectivity index (χ3n) is 6.29. The summed E-state index contributed by atoms with van der Waals surface area (Å²) < 4.78 is 0. The van der Waals surface area contributed by atoms with Crippen molar-refractivity contribution >= 4 is 5.91 Å². The van der Waals surface area contributed by atoms with Gasteiger partial charge in [-0.2, -0.15) is 0 Å². The van der Waals surface area contributed by atoms with E-state index in [-0.39, 0.29) is 22.7 Å². The van der Waals surface area contributed by atoms with Gasteiger partial charge in [0.2, 0.25) is 0 Å². The van der Waals surface area contributed by atoms with E-state index in [1.165, 1.54) is 6.07 Å². The Kier molecular flexibility index (Phi) is 4.46. The first-order valence-electron chi connectivity index (χ1n) is 9.74. The number of aliphatic hydroxyl groups is 1. The molecule has 6 heteroatoms. The van der Waals surface area contributed by atoms with Crippen molar-refractivity contribution in [2.24, 2.45) is 5.73 Å². The summed E-state index contributed by atoms with van der Waals surface area (Å²) in [7, 11) is 0. The molecule has 2 aromatic rings. The van der Waals surface area contributed by atoms with Gasteiger partial charge < -0.3 is 21.1 Å². The molecule has 0 saturated carbocycles. The highest BCUT2D eigenvalue weighted by Gasteiger charge is 2.51. The number of hydrogen-bond donors (Lipinski definition) is 4. The molecule has 3 unspecified atom stereocenters. The smallest absolute Gasteiger partial charge is 0.261 e. The van der Waals surface area contributed by atoms with Crippen molar-refractivity contribution in [2.45, 2.75) is 38.0 Å². The van der Waals surface area contributed by atoms with E-state index in [9.17, 15) is 14.7 Å². The van der Waals surface area contributed by atoms with Crippen LogP contribution in [-0.2, 0) is 5.41 Å². The maximum absolute atomic E-state index is 12.7. The number of carbonyl (C=O) groups is 1. The number of amides is 1. The van der Waals surface area contributed by atoms with Gasteiger partial charge in [-0.3, -0.25) is 9.59 Å². The molecule has 1 aliphatic carbocycles. The number of rotatable bonds is 3. The summed E-state index contributed by atoms with van der Waals surface area (Å²) in [4.78, 5) is 28.3. The molecule has 0 radical (unpaired) electrons. The Morgan fingerprint density at radius 3 is 2.55 bits per heavy atom. The molecule has 1 aliphatic heterocycles. The minimum absolute atomic E-state index is 0.0969. The van der Waals surface area contributed by atoms with Crippen LogP contribution in [0.4, 0.5) is 0 Å². The van der Waals surface area contributed by atoms with E-state index in [1.54, 1.807) is 12.3 Å². The second kappa shape index (κ2) is 6.74. The average Bonchev–Trinajstić information content (AvgIpc) is 2.70. The van der Waals surface area contributed by atoms with Crippen LogP contribution in [0.5, 0.6) is 0 Å². The van der Waals surface area contributed by atoms with Gasteiger partial charge in [0.1, 0.15) is 11.3 Å². The van der Waals surface area contributed by atoms with E-state index >= 15 is 0 Å². The Hall–Kier alpha value is -3.12. The third kappa shape index (κ3) is 2.75. The van der Waals surface area contributed by atoms with Crippen molar-refractivity contribution in [1.29, 1.82) is 0 Å². The molecule has 3 atom stereocenters. The lowest BCUT2D eigenvalue weighted by molar-refractivity contribution is 0.0938. The van der Waals surface area contributed by atoms with Gasteiger partial charge in [0, 0.05) is 23.7 Å². The molecule has 0 saturated heterocycles. The van der Waals surface area contributed by atoms with Crippen LogP contribution in [0.25, 0.3) is 0 Å². The number of aliphatic hydroxyl groups excluding tert-OH is 1. The molecular formula is C23H25N3O3. The van der Waals surface area contributed by atoms with Crippen LogP contribution in [0.1, 0.15) is 59.8 Å². The number of aromatic amines is 1. The highest BCUT2D eigenvalue weighted by atomic mass is 16.3. The molecule has 2 heterocycles. The van der Waals surface area contributed by atoms with Gasteiger partial charge in [-0.15, -0.1) is 0 Å². The molecule has 150 valence electrons. The summed E-state index contributed by atoms with van der Waals surface area (Å²) >= 11 is 0. The van der Waals surface area contributed by atoms with Crippen molar-refractivity contribution in [2.75, 3.05) is 6.54 Å². The van der Waals surface area contributed by atoms with Crippen LogP contribution >= 0.6 is 0 Å². The van der Waals surface area contributed by atoms with Crippen molar-refractivity contribution in [3.8, 4) is 0 Å². The van der Waals surface area contributed by atoms with Gasteiger partial charge in [0.25, 0.3) is 5.91 Å². The van der Waals surface area contributed by atoms with Crippen molar-refractivity contribution in [1.82, 2.24) is 10.3 Å². The van der Waals surface area contributed by atoms with E-state index in [4.69, 9.17) is 5.73 Å². The second-order valence-corrected chi connectivity index (χ2v) is 8.11. The zero-order chi connectivity index (χ0) is 20.9. The number of pyridine rings is 1. The molecule has 0 fully saturated rings. The summed E-state index contributed by atoms with van der Waals surface area (Å²) in [6.07, 6.45) is 3.24. The SMILES string of the molecule is CC1=C2NC(=O)c3c([nH]ccc3=O)C2(C)C(c2ccc(C(C)CN)cc2)C(O)=C1. The van der Waals surface area contributed by atoms with E-state index in [1.807, 2.05) is 38.1 Å². The van der Waals surface area contributed by atoms with Crippen molar-refractivity contribution in [3.63, 3.8) is 0 Å². The van der Waals surface area contributed by atoms with Crippen molar-refractivity contribution < 1.29 is 9.90 Å². The Bertz CT molecular complexity index is 1110. The standard InChI is InChI=1S/C23H25N3O3/c1-12-10-17(28)19(15-6-4-14(5-7-15)13(2)11-24)23(3)20(12)26-22(29)18-16(27)8-9-25-21(18)23/h4-10,13,19,28H,11,24H2,1-3H3,(H,25,27)(H,26,29). The van der Waals surface area contributed by atoms with Crippen LogP contribution in [0.15, 0.2) is 64.4 Å². The first-order chi connectivity index (χ1) is 13.8. The summed E-state index contributed by atoms with van der Waals surface area (Å²) in [6.45, 7) is 6.41. The van der Waals surface area contributed by atoms with Crippen LogP contribution in [-0.4, -0.2) is 22.5 Å². The summed E-state index contributed by atoms with van der Waals surface area (Å²) in [6, 6.07) is 9.35. The lowest BCUT2D eigenvalue weighted by Crippen LogP contribution is -2.51. The van der Waals surface area contributed by atoms with E-state index < -0.39 is 17.2 Å². The Morgan fingerprint density at radius 1 is 1.21 bits per heavy atom. The lowest BCUT2D eigenvalue weighted by Gasteiger charge is -2.45. The van der Waals surface area contributed by atoms with Gasteiger partial charge in [-0.25, -0.2) is 0 Å². The number of carbonyl (C=O) groups excluding carboxylic acids is 1. The quantitative estimate of drug-likeness (QED) is 0.645. The number of hydrogen-bond acceptors (Lipinski definition) is 4. The molecule has 1 amide bonds. The molecule has 29 heavy (non-hydrogen) atoms. The molecule has 1 aromatic carbocycles. The predicted molar refractivity (Wildman–Crippen MR) is 112 cm³/mol. The normalized spacial score (nSPS) is 24.3. The minimum Gasteiger partial charge on any atom is -0.512 e. The Balaban J connectivity index is 1.94. The number of H-pyrrole nitrogens is 1. The van der Waals surface area contributed by atoms with E-state index in [2.05, 4.69) is 17.2 Å². The fraction of sp³-hybridized carbons (Fsp3) is 0.304. The van der Waals surface area contributed by atoms with E-state index in [0.717, 1.165) is 16.7 Å². The maximum Gasteiger partial charge on any atom is 0.261 e. The van der Waals surface area contributed by atoms with Crippen LogP contribution in [0.3, 0.4) is 0 Å². The highest BCUT2D eigenvalue weighted by Crippen LogP contribution is 2.52. The lowest BCUT2D eigenvalue weighted by atomic mass is 9.62. The summed E-state index contributed by atoms with van der Waals surface area (Å²) in [5.41, 5.74) is 8.71. The Labute approximate surface area is 169 Å². The monoisotopic (exact) mass is 391 g/mol. The molecule has 6 nitrogen and oxygen atoms in total. The maximum atomic E-state index is 12.7. The van der Waals surface area contributed by atoms with Gasteiger partial charge in [0.05, 0.1) is 11.3 Å². The fourth-order valence-corrected chi connectivity index (χ4v) is 4.67. The largest absolute Gasteiger partial charge is 0.512 e. The molecule has 4 rings (SSSR count). The number of aromatic nitrogens is 1. The first kappa shape index (κ1) is 19.2. The first-order valence-corrected chi connectivity index (χ1v) is 9.74. The van der Waals surface area contributed by atoms with Crippen molar-refractivity contribution in [3.05, 3.63) is 92.2 Å². The summed E-state index contributed by atoms with van der Waals surface area (Å²) in [5, 5.41) is 13.9. The van der Waals surface area contributed by atoms with Crippen LogP contribution < -0.4 is 16.5 Å². The molecular weight excluding hydrogens is 366 g/mol. The number of fused-ring (bicyclic) bond motifs is 3. The number of benzene rings is 1. The highest BCUT2D eigenvalue weighted by molar-refractivity contribution is 5.99. The van der Waals surface area contributed by atoms with Gasteiger partial charge in [-0.05, 0) is 49.1 Å². The van der Waals surface area contributed by atoms with Gasteiger partial charge in [0.15, 0.2) is 5.43 Å². The predicted octanol–water partition coefficient (Wildman–Crippen LogP) is 2.95. The molecule has 0 spiro atoms. The topological polar surface area (TPSA) is 108 Å². The molecule has 5 N–H and O–H groups in total. The summed E-state index contributed by atoms with van der Waals surface area (Å²) in [5.74, 6) is -0.450. The van der Waals surface area contributed by atoms with Crippen LogP contribution in [0.2, 0.25) is 0 Å². The molecule has 0 bridgehead atoms. The number of nitrogens with two attached hydrogens (primary N) is 1. The zero-order valence-electron chi connectivity index (χ0n) is 16.7. The second-order valence-electron chi connectivity index (χ2n) is 8.11.